The van der Waals surface area contributed by atoms with Crippen molar-refractivity contribution in [2.24, 2.45) is 0 Å². The molecule has 0 aliphatic rings. The summed E-state index contributed by atoms with van der Waals surface area (Å²) in [4.78, 5) is 17.2. The number of carbonyl (C=O) groups is 1. The predicted molar refractivity (Wildman–Crippen MR) is 123 cm³/mol. The van der Waals surface area contributed by atoms with Gasteiger partial charge in [0, 0.05) is 33.7 Å². The molecule has 1 aromatic heterocycles. The summed E-state index contributed by atoms with van der Waals surface area (Å²) in [5.74, 6) is 0.791. The van der Waals surface area contributed by atoms with E-state index in [4.69, 9.17) is 0 Å². The number of benzene rings is 3. The summed E-state index contributed by atoms with van der Waals surface area (Å²) >= 11 is 1.78. The van der Waals surface area contributed by atoms with E-state index >= 15 is 0 Å². The van der Waals surface area contributed by atoms with Gasteiger partial charge in [0.25, 0.3) is 5.91 Å². The number of thioether (sulfide) groups is 1. The van der Waals surface area contributed by atoms with Crippen LogP contribution in [0.4, 0.5) is 0 Å². The van der Waals surface area contributed by atoms with Crippen molar-refractivity contribution in [1.29, 1.82) is 0 Å². The minimum atomic E-state index is -0.0126. The van der Waals surface area contributed by atoms with Crippen LogP contribution in [0.15, 0.2) is 77.7 Å². The first-order valence-corrected chi connectivity index (χ1v) is 10.8. The lowest BCUT2D eigenvalue weighted by molar-refractivity contribution is 0.0955. The lowest BCUT2D eigenvalue weighted by Crippen LogP contribution is -2.26. The number of fused-ring (bicyclic) bond motifs is 1. The third-order valence-electron chi connectivity index (χ3n) is 5.02. The third-order valence-corrected chi connectivity index (χ3v) is 6.14. The first kappa shape index (κ1) is 19.3. The molecule has 0 radical (unpaired) electrons. The summed E-state index contributed by atoms with van der Waals surface area (Å²) in [7, 11) is 0. The van der Waals surface area contributed by atoms with E-state index in [1.165, 1.54) is 21.4 Å². The summed E-state index contributed by atoms with van der Waals surface area (Å²) < 4.78 is 0. The van der Waals surface area contributed by atoms with Crippen molar-refractivity contribution in [3.05, 3.63) is 89.5 Å². The number of amides is 1. The highest BCUT2D eigenvalue weighted by atomic mass is 32.2. The monoisotopic (exact) mass is 400 g/mol. The van der Waals surface area contributed by atoms with Crippen molar-refractivity contribution in [2.75, 3.05) is 12.3 Å². The summed E-state index contributed by atoms with van der Waals surface area (Å²) in [5, 5.41) is 4.27. The van der Waals surface area contributed by atoms with Gasteiger partial charge in [-0.3, -0.25) is 4.79 Å². The number of aryl methyl sites for hydroxylation is 2. The Labute approximate surface area is 175 Å². The van der Waals surface area contributed by atoms with Crippen LogP contribution in [0.25, 0.3) is 22.2 Å². The molecule has 4 rings (SSSR count). The van der Waals surface area contributed by atoms with Gasteiger partial charge in [-0.05, 0) is 37.1 Å². The second kappa shape index (κ2) is 8.58. The van der Waals surface area contributed by atoms with Crippen molar-refractivity contribution in [3.63, 3.8) is 0 Å². The normalized spacial score (nSPS) is 11.0. The van der Waals surface area contributed by atoms with Gasteiger partial charge < -0.3 is 10.3 Å². The fourth-order valence-electron chi connectivity index (χ4n) is 3.43. The molecule has 4 aromatic rings. The van der Waals surface area contributed by atoms with E-state index in [9.17, 15) is 4.79 Å². The number of hydrogen-bond donors (Lipinski definition) is 2. The first-order valence-electron chi connectivity index (χ1n) is 9.78. The Morgan fingerprint density at radius 2 is 1.66 bits per heavy atom. The Balaban J connectivity index is 1.50. The molecule has 0 spiro atoms. The highest BCUT2D eigenvalue weighted by Crippen LogP contribution is 2.37. The van der Waals surface area contributed by atoms with Gasteiger partial charge in [-0.2, -0.15) is 0 Å². The van der Waals surface area contributed by atoms with Crippen molar-refractivity contribution < 1.29 is 4.79 Å². The van der Waals surface area contributed by atoms with Crippen LogP contribution in [0.5, 0.6) is 0 Å². The molecule has 3 aromatic carbocycles. The number of H-pyrrole nitrogens is 1. The van der Waals surface area contributed by atoms with Gasteiger partial charge in [-0.25, -0.2) is 0 Å². The van der Waals surface area contributed by atoms with Crippen LogP contribution >= 0.6 is 11.8 Å². The molecule has 3 nitrogen and oxygen atoms in total. The molecule has 0 bridgehead atoms. The van der Waals surface area contributed by atoms with E-state index in [-0.39, 0.29) is 5.91 Å². The number of aromatic amines is 1. The van der Waals surface area contributed by atoms with E-state index in [2.05, 4.69) is 65.8 Å². The summed E-state index contributed by atoms with van der Waals surface area (Å²) in [5.41, 5.74) is 6.44. The number of hydrogen-bond acceptors (Lipinski definition) is 2. The molecule has 29 heavy (non-hydrogen) atoms. The molecule has 0 aliphatic heterocycles. The van der Waals surface area contributed by atoms with E-state index in [1.54, 1.807) is 11.8 Å². The minimum Gasteiger partial charge on any atom is -0.354 e. The Morgan fingerprint density at radius 1 is 0.931 bits per heavy atom. The van der Waals surface area contributed by atoms with Crippen LogP contribution in [-0.2, 0) is 0 Å². The molecule has 2 N–H and O–H groups in total. The van der Waals surface area contributed by atoms with Crippen molar-refractivity contribution in [1.82, 2.24) is 10.3 Å². The summed E-state index contributed by atoms with van der Waals surface area (Å²) in [6, 6.07) is 24.6. The fourth-order valence-corrected chi connectivity index (χ4v) is 4.49. The van der Waals surface area contributed by atoms with Gasteiger partial charge in [-0.15, -0.1) is 11.8 Å². The molecule has 0 atom stereocenters. The number of rotatable bonds is 6. The van der Waals surface area contributed by atoms with Crippen molar-refractivity contribution in [3.8, 4) is 11.3 Å². The third kappa shape index (κ3) is 4.22. The molecule has 1 amide bonds. The quantitative estimate of drug-likeness (QED) is 0.309. The van der Waals surface area contributed by atoms with E-state index < -0.39 is 0 Å². The minimum absolute atomic E-state index is 0.0126. The van der Waals surface area contributed by atoms with E-state index in [0.29, 0.717) is 6.54 Å². The maximum atomic E-state index is 12.4. The molecule has 0 fully saturated rings. The molecule has 0 aliphatic carbocycles. The zero-order chi connectivity index (χ0) is 20.2. The van der Waals surface area contributed by atoms with E-state index in [0.717, 1.165) is 28.1 Å². The van der Waals surface area contributed by atoms with Crippen LogP contribution in [0.1, 0.15) is 21.5 Å². The molecule has 0 unspecified atom stereocenters. The predicted octanol–water partition coefficient (Wildman–Crippen LogP) is 5.97. The van der Waals surface area contributed by atoms with E-state index in [1.807, 2.05) is 31.2 Å². The lowest BCUT2D eigenvalue weighted by atomic mass is 10.1. The molecular formula is C25H24N2OS. The molecule has 0 saturated heterocycles. The molecule has 4 heteroatoms. The second-order valence-electron chi connectivity index (χ2n) is 7.16. The topological polar surface area (TPSA) is 44.9 Å². The van der Waals surface area contributed by atoms with Gasteiger partial charge in [0.15, 0.2) is 0 Å². The van der Waals surface area contributed by atoms with Crippen molar-refractivity contribution in [2.45, 2.75) is 18.7 Å². The molecular weight excluding hydrogens is 376 g/mol. The standard InChI is InChI=1S/C25H24N2OS/c1-17-11-13-19(14-12-17)23-24(21-9-5-6-10-22(21)27-23)29-16-15-26-25(28)20-8-4-3-7-18(20)2/h3-14,27H,15-16H2,1-2H3,(H,26,28). The Kier molecular flexibility index (Phi) is 5.72. The number of aromatic nitrogens is 1. The number of carbonyl (C=O) groups excluding carboxylic acids is 1. The van der Waals surface area contributed by atoms with Gasteiger partial charge in [-0.1, -0.05) is 66.2 Å². The van der Waals surface area contributed by atoms with Gasteiger partial charge in [0.2, 0.25) is 0 Å². The second-order valence-corrected chi connectivity index (χ2v) is 8.27. The maximum absolute atomic E-state index is 12.4. The molecule has 146 valence electrons. The SMILES string of the molecule is Cc1ccc(-c2[nH]c3ccccc3c2SCCNC(=O)c2ccccc2C)cc1. The largest absolute Gasteiger partial charge is 0.354 e. The van der Waals surface area contributed by atoms with Crippen LogP contribution in [0.2, 0.25) is 0 Å². The van der Waals surface area contributed by atoms with Gasteiger partial charge in [0.05, 0.1) is 5.69 Å². The zero-order valence-electron chi connectivity index (χ0n) is 16.7. The van der Waals surface area contributed by atoms with Crippen LogP contribution < -0.4 is 5.32 Å². The van der Waals surface area contributed by atoms with Crippen molar-refractivity contribution >= 4 is 28.6 Å². The molecule has 0 saturated carbocycles. The average Bonchev–Trinajstić information content (AvgIpc) is 3.10. The van der Waals surface area contributed by atoms with Crippen LogP contribution in [-0.4, -0.2) is 23.2 Å². The highest BCUT2D eigenvalue weighted by molar-refractivity contribution is 7.99. The summed E-state index contributed by atoms with van der Waals surface area (Å²) in [6.45, 7) is 4.68. The summed E-state index contributed by atoms with van der Waals surface area (Å²) in [6.07, 6.45) is 0. The lowest BCUT2D eigenvalue weighted by Gasteiger charge is -2.09. The molecule has 1 heterocycles. The smallest absolute Gasteiger partial charge is 0.251 e. The highest BCUT2D eigenvalue weighted by Gasteiger charge is 2.14. The zero-order valence-corrected chi connectivity index (χ0v) is 17.5. The Morgan fingerprint density at radius 3 is 2.45 bits per heavy atom. The van der Waals surface area contributed by atoms with Gasteiger partial charge in [0.1, 0.15) is 0 Å². The Hall–Kier alpha value is -2.98. The first-order chi connectivity index (χ1) is 14.1. The van der Waals surface area contributed by atoms with Gasteiger partial charge >= 0.3 is 0 Å². The number of nitrogens with one attached hydrogen (secondary N) is 2. The van der Waals surface area contributed by atoms with Crippen LogP contribution in [0, 0.1) is 13.8 Å². The van der Waals surface area contributed by atoms with Crippen LogP contribution in [0.3, 0.4) is 0 Å². The Bertz CT molecular complexity index is 1150. The number of para-hydroxylation sites is 1. The maximum Gasteiger partial charge on any atom is 0.251 e. The average molecular weight is 401 g/mol. The fraction of sp³-hybridized carbons (Fsp3) is 0.160.